The molecule has 0 radical (unpaired) electrons. The molecule has 0 atom stereocenters. The average molecular weight is 306 g/mol. The van der Waals surface area contributed by atoms with Crippen LogP contribution in [0.4, 0.5) is 5.82 Å². The van der Waals surface area contributed by atoms with Crippen molar-refractivity contribution in [2.24, 2.45) is 5.92 Å². The first-order chi connectivity index (χ1) is 10.1. The maximum absolute atomic E-state index is 6.05. The highest BCUT2D eigenvalue weighted by Gasteiger charge is 2.05. The Hall–Kier alpha value is -1.81. The number of rotatable bonds is 6. The van der Waals surface area contributed by atoms with Crippen molar-refractivity contribution >= 4 is 17.4 Å². The van der Waals surface area contributed by atoms with Gasteiger partial charge in [-0.1, -0.05) is 37.6 Å². The molecular formula is C16H20ClN3O. The van der Waals surface area contributed by atoms with Crippen LogP contribution in [0.2, 0.25) is 5.15 Å². The van der Waals surface area contributed by atoms with Gasteiger partial charge in [0.15, 0.2) is 0 Å². The van der Waals surface area contributed by atoms with Gasteiger partial charge in [-0.15, -0.1) is 0 Å². The van der Waals surface area contributed by atoms with E-state index in [1.54, 1.807) is 13.2 Å². The van der Waals surface area contributed by atoms with Crippen LogP contribution in [-0.4, -0.2) is 17.1 Å². The van der Waals surface area contributed by atoms with Crippen molar-refractivity contribution in [1.82, 2.24) is 9.97 Å². The first-order valence-electron chi connectivity index (χ1n) is 6.97. The lowest BCUT2D eigenvalue weighted by Gasteiger charge is -2.09. The Morgan fingerprint density at radius 3 is 2.52 bits per heavy atom. The summed E-state index contributed by atoms with van der Waals surface area (Å²) < 4.78 is 5.14. The van der Waals surface area contributed by atoms with Crippen molar-refractivity contribution in [3.63, 3.8) is 0 Å². The second-order valence-electron chi connectivity index (χ2n) is 5.29. The lowest BCUT2D eigenvalue weighted by molar-refractivity contribution is 0.414. The normalized spacial score (nSPS) is 10.7. The number of aromatic nitrogens is 2. The van der Waals surface area contributed by atoms with Gasteiger partial charge in [0.05, 0.1) is 7.11 Å². The number of hydrogen-bond acceptors (Lipinski definition) is 4. The summed E-state index contributed by atoms with van der Waals surface area (Å²) in [7, 11) is 1.66. The highest BCUT2D eigenvalue weighted by atomic mass is 35.5. The number of nitrogens with zero attached hydrogens (tertiary/aromatic N) is 2. The molecule has 2 rings (SSSR count). The fourth-order valence-electron chi connectivity index (χ4n) is 1.95. The van der Waals surface area contributed by atoms with E-state index in [9.17, 15) is 0 Å². The minimum atomic E-state index is 0.470. The van der Waals surface area contributed by atoms with Gasteiger partial charge in [0.2, 0.25) is 0 Å². The van der Waals surface area contributed by atoms with Crippen molar-refractivity contribution in [3.05, 3.63) is 46.9 Å². The van der Waals surface area contributed by atoms with Crippen LogP contribution in [0.15, 0.2) is 30.3 Å². The molecular weight excluding hydrogens is 286 g/mol. The van der Waals surface area contributed by atoms with Gasteiger partial charge >= 0.3 is 0 Å². The molecule has 4 nitrogen and oxygen atoms in total. The minimum absolute atomic E-state index is 0.470. The van der Waals surface area contributed by atoms with E-state index in [1.807, 2.05) is 24.3 Å². The van der Waals surface area contributed by atoms with Gasteiger partial charge in [-0.25, -0.2) is 9.97 Å². The summed E-state index contributed by atoms with van der Waals surface area (Å²) in [6.07, 6.45) is 0.817. The van der Waals surface area contributed by atoms with Crippen LogP contribution in [-0.2, 0) is 13.0 Å². The standard InChI is InChI=1S/C16H20ClN3O/c1-11(2)8-16-19-14(17)9-15(20-16)18-10-12-4-6-13(21-3)7-5-12/h4-7,9,11H,8,10H2,1-3H3,(H,18,19,20). The molecule has 0 aliphatic rings. The zero-order valence-corrected chi connectivity index (χ0v) is 13.3. The van der Waals surface area contributed by atoms with Crippen molar-refractivity contribution < 1.29 is 4.74 Å². The van der Waals surface area contributed by atoms with Crippen molar-refractivity contribution in [1.29, 1.82) is 0 Å². The second-order valence-corrected chi connectivity index (χ2v) is 5.68. The van der Waals surface area contributed by atoms with Gasteiger partial charge in [-0.3, -0.25) is 0 Å². The topological polar surface area (TPSA) is 47.0 Å². The third-order valence-corrected chi connectivity index (χ3v) is 3.16. The summed E-state index contributed by atoms with van der Waals surface area (Å²) in [5.74, 6) is 2.87. The van der Waals surface area contributed by atoms with E-state index in [2.05, 4.69) is 29.1 Å². The molecule has 112 valence electrons. The second kappa shape index (κ2) is 7.27. The zero-order valence-electron chi connectivity index (χ0n) is 12.6. The van der Waals surface area contributed by atoms with Gasteiger partial charge in [-0.05, 0) is 23.6 Å². The van der Waals surface area contributed by atoms with E-state index in [1.165, 1.54) is 0 Å². The number of hydrogen-bond donors (Lipinski definition) is 1. The number of nitrogens with one attached hydrogen (secondary N) is 1. The maximum atomic E-state index is 6.05. The van der Waals surface area contributed by atoms with Gasteiger partial charge in [0, 0.05) is 19.0 Å². The van der Waals surface area contributed by atoms with Crippen molar-refractivity contribution in [3.8, 4) is 5.75 Å². The molecule has 0 spiro atoms. The summed E-state index contributed by atoms with van der Waals surface area (Å²) in [5.41, 5.74) is 1.15. The Labute approximate surface area is 130 Å². The van der Waals surface area contributed by atoms with Crippen LogP contribution in [0.25, 0.3) is 0 Å². The fraction of sp³-hybridized carbons (Fsp3) is 0.375. The monoisotopic (exact) mass is 305 g/mol. The molecule has 21 heavy (non-hydrogen) atoms. The zero-order chi connectivity index (χ0) is 15.2. The molecule has 0 saturated heterocycles. The van der Waals surface area contributed by atoms with E-state index in [0.717, 1.165) is 29.4 Å². The number of halogens is 1. The van der Waals surface area contributed by atoms with E-state index < -0.39 is 0 Å². The van der Waals surface area contributed by atoms with Crippen molar-refractivity contribution in [2.45, 2.75) is 26.8 Å². The molecule has 0 amide bonds. The Balaban J connectivity index is 2.03. The van der Waals surface area contributed by atoms with Crippen LogP contribution in [0.3, 0.4) is 0 Å². The Morgan fingerprint density at radius 2 is 1.90 bits per heavy atom. The predicted molar refractivity (Wildman–Crippen MR) is 85.9 cm³/mol. The first kappa shape index (κ1) is 15.6. The summed E-state index contributed by atoms with van der Waals surface area (Å²) >= 11 is 6.05. The molecule has 2 aromatic rings. The number of anilines is 1. The maximum Gasteiger partial charge on any atom is 0.134 e. The highest BCUT2D eigenvalue weighted by Crippen LogP contribution is 2.16. The molecule has 0 aliphatic carbocycles. The van der Waals surface area contributed by atoms with Crippen LogP contribution >= 0.6 is 11.6 Å². The minimum Gasteiger partial charge on any atom is -0.497 e. The SMILES string of the molecule is COc1ccc(CNc2cc(Cl)nc(CC(C)C)n2)cc1. The van der Waals surface area contributed by atoms with E-state index in [-0.39, 0.29) is 0 Å². The van der Waals surface area contributed by atoms with Gasteiger partial charge in [-0.2, -0.15) is 0 Å². The number of benzene rings is 1. The number of ether oxygens (including phenoxy) is 1. The molecule has 5 heteroatoms. The number of methoxy groups -OCH3 is 1. The van der Waals surface area contributed by atoms with Crippen LogP contribution in [0, 0.1) is 5.92 Å². The van der Waals surface area contributed by atoms with Gasteiger partial charge in [0.1, 0.15) is 22.5 Å². The van der Waals surface area contributed by atoms with Crippen LogP contribution in [0.5, 0.6) is 5.75 Å². The Kier molecular flexibility index (Phi) is 5.39. The Morgan fingerprint density at radius 1 is 1.19 bits per heavy atom. The molecule has 1 N–H and O–H groups in total. The largest absolute Gasteiger partial charge is 0.497 e. The predicted octanol–water partition coefficient (Wildman–Crippen LogP) is 3.95. The smallest absolute Gasteiger partial charge is 0.134 e. The van der Waals surface area contributed by atoms with Crippen LogP contribution < -0.4 is 10.1 Å². The average Bonchev–Trinajstić information content (AvgIpc) is 2.44. The van der Waals surface area contributed by atoms with E-state index in [0.29, 0.717) is 17.6 Å². The summed E-state index contributed by atoms with van der Waals surface area (Å²) in [6.45, 7) is 4.95. The lowest BCUT2D eigenvalue weighted by atomic mass is 10.1. The van der Waals surface area contributed by atoms with Gasteiger partial charge < -0.3 is 10.1 Å². The molecule has 1 aromatic heterocycles. The fourth-order valence-corrected chi connectivity index (χ4v) is 2.15. The quantitative estimate of drug-likeness (QED) is 0.821. The summed E-state index contributed by atoms with van der Waals surface area (Å²) in [4.78, 5) is 8.74. The van der Waals surface area contributed by atoms with Crippen molar-refractivity contribution in [2.75, 3.05) is 12.4 Å². The van der Waals surface area contributed by atoms with E-state index in [4.69, 9.17) is 16.3 Å². The Bertz CT molecular complexity index is 585. The molecule has 0 bridgehead atoms. The summed E-state index contributed by atoms with van der Waals surface area (Å²) in [6, 6.07) is 9.66. The molecule has 1 heterocycles. The third-order valence-electron chi connectivity index (χ3n) is 2.96. The first-order valence-corrected chi connectivity index (χ1v) is 7.35. The third kappa shape index (κ3) is 4.90. The molecule has 1 aromatic carbocycles. The summed E-state index contributed by atoms with van der Waals surface area (Å²) in [5, 5.41) is 3.75. The van der Waals surface area contributed by atoms with Gasteiger partial charge in [0.25, 0.3) is 0 Å². The van der Waals surface area contributed by atoms with E-state index >= 15 is 0 Å². The molecule has 0 unspecified atom stereocenters. The highest BCUT2D eigenvalue weighted by molar-refractivity contribution is 6.29. The lowest BCUT2D eigenvalue weighted by Crippen LogP contribution is -2.06. The van der Waals surface area contributed by atoms with Crippen LogP contribution in [0.1, 0.15) is 25.2 Å². The molecule has 0 aliphatic heterocycles. The molecule has 0 saturated carbocycles. The molecule has 0 fully saturated rings.